The minimum absolute atomic E-state index is 0.0261. The van der Waals surface area contributed by atoms with Gasteiger partial charge >= 0.3 is 5.97 Å². The molecule has 4 aliphatic carbocycles. The van der Waals surface area contributed by atoms with Gasteiger partial charge in [0, 0.05) is 0 Å². The van der Waals surface area contributed by atoms with E-state index in [1.807, 2.05) is 0 Å². The maximum Gasteiger partial charge on any atom is 0.319 e. The lowest BCUT2D eigenvalue weighted by Gasteiger charge is -2.60. The molecule has 0 radical (unpaired) electrons. The number of hydrogen-bond donors (Lipinski definition) is 0. The van der Waals surface area contributed by atoms with Crippen molar-refractivity contribution in [1.29, 1.82) is 0 Å². The summed E-state index contributed by atoms with van der Waals surface area (Å²) >= 11 is 2.23. The number of alkyl halides is 1. The van der Waals surface area contributed by atoms with E-state index in [1.165, 1.54) is 32.1 Å². The summed E-state index contributed by atoms with van der Waals surface area (Å²) in [6.07, 6.45) is 8.58. The second-order valence-corrected chi connectivity index (χ2v) is 8.41. The lowest BCUT2D eigenvalue weighted by Crippen LogP contribution is -2.59. The van der Waals surface area contributed by atoms with E-state index in [0.29, 0.717) is 11.8 Å². The molecular weight excluding hydrogens is 351 g/mol. The van der Waals surface area contributed by atoms with Crippen LogP contribution in [0, 0.1) is 23.7 Å². The summed E-state index contributed by atoms with van der Waals surface area (Å²) in [7, 11) is 0. The third-order valence-corrected chi connectivity index (χ3v) is 7.37. The molecule has 0 amide bonds. The fourth-order valence-electron chi connectivity index (χ4n) is 5.22. The number of ether oxygens (including phenoxy) is 1. The molecule has 4 aliphatic rings. The van der Waals surface area contributed by atoms with Gasteiger partial charge in [0.25, 0.3) is 0 Å². The van der Waals surface area contributed by atoms with E-state index in [9.17, 15) is 4.79 Å². The smallest absolute Gasteiger partial charge is 0.319 e. The SMILES string of the molecule is CCC(I)C(=O)OC1(CC)C2CC3CC(C2)CC1C3. The molecule has 0 aromatic carbocycles. The minimum Gasteiger partial charge on any atom is -0.458 e. The van der Waals surface area contributed by atoms with Gasteiger partial charge in [0.15, 0.2) is 0 Å². The fraction of sp³-hybridized carbons (Fsp3) is 0.938. The molecule has 0 spiro atoms. The molecule has 3 heteroatoms. The van der Waals surface area contributed by atoms with Crippen LogP contribution in [0.5, 0.6) is 0 Å². The highest BCUT2D eigenvalue weighted by Gasteiger charge is 2.58. The second kappa shape index (κ2) is 5.19. The predicted molar refractivity (Wildman–Crippen MR) is 84.3 cm³/mol. The highest BCUT2D eigenvalue weighted by atomic mass is 127. The molecule has 1 atom stereocenters. The third kappa shape index (κ3) is 2.24. The van der Waals surface area contributed by atoms with E-state index in [-0.39, 0.29) is 15.5 Å². The first kappa shape index (κ1) is 14.2. The van der Waals surface area contributed by atoms with Crippen molar-refractivity contribution in [3.05, 3.63) is 0 Å². The van der Waals surface area contributed by atoms with Gasteiger partial charge in [-0.25, -0.2) is 0 Å². The van der Waals surface area contributed by atoms with E-state index in [4.69, 9.17) is 4.74 Å². The molecule has 0 aromatic rings. The number of rotatable bonds is 4. The Morgan fingerprint density at radius 2 is 1.68 bits per heavy atom. The maximum absolute atomic E-state index is 12.3. The van der Waals surface area contributed by atoms with Gasteiger partial charge in [-0.05, 0) is 68.6 Å². The van der Waals surface area contributed by atoms with Gasteiger partial charge in [-0.1, -0.05) is 36.4 Å². The zero-order chi connectivity index (χ0) is 13.6. The van der Waals surface area contributed by atoms with Gasteiger partial charge in [0.1, 0.15) is 9.53 Å². The maximum atomic E-state index is 12.3. The molecule has 0 aromatic heterocycles. The fourth-order valence-corrected chi connectivity index (χ4v) is 5.34. The van der Waals surface area contributed by atoms with Crippen LogP contribution in [0.2, 0.25) is 0 Å². The van der Waals surface area contributed by atoms with Gasteiger partial charge in [0.2, 0.25) is 0 Å². The molecule has 0 N–H and O–H groups in total. The molecule has 4 saturated carbocycles. The molecular formula is C16H25IO2. The molecule has 1 unspecified atom stereocenters. The van der Waals surface area contributed by atoms with Crippen molar-refractivity contribution in [3.8, 4) is 0 Å². The summed E-state index contributed by atoms with van der Waals surface area (Å²) < 4.78 is 6.20. The molecule has 19 heavy (non-hydrogen) atoms. The van der Waals surface area contributed by atoms with Gasteiger partial charge in [0.05, 0.1) is 0 Å². The van der Waals surface area contributed by atoms with Crippen LogP contribution in [-0.2, 0) is 9.53 Å². The van der Waals surface area contributed by atoms with Gasteiger partial charge in [-0.3, -0.25) is 4.79 Å². The van der Waals surface area contributed by atoms with Crippen molar-refractivity contribution in [2.24, 2.45) is 23.7 Å². The summed E-state index contributed by atoms with van der Waals surface area (Å²) in [6.45, 7) is 4.29. The van der Waals surface area contributed by atoms with Crippen molar-refractivity contribution in [3.63, 3.8) is 0 Å². The number of halogens is 1. The summed E-state index contributed by atoms with van der Waals surface area (Å²) in [4.78, 5) is 12.3. The van der Waals surface area contributed by atoms with Crippen LogP contribution in [0.15, 0.2) is 0 Å². The van der Waals surface area contributed by atoms with Crippen molar-refractivity contribution in [1.82, 2.24) is 0 Å². The van der Waals surface area contributed by atoms with Crippen LogP contribution in [0.1, 0.15) is 58.8 Å². The Hall–Kier alpha value is 0.200. The monoisotopic (exact) mass is 376 g/mol. The number of carbonyl (C=O) groups excluding carboxylic acids is 1. The summed E-state index contributed by atoms with van der Waals surface area (Å²) in [5.74, 6) is 3.21. The molecule has 0 saturated heterocycles. The zero-order valence-electron chi connectivity index (χ0n) is 12.0. The quantitative estimate of drug-likeness (QED) is 0.414. The van der Waals surface area contributed by atoms with E-state index >= 15 is 0 Å². The number of hydrogen-bond acceptors (Lipinski definition) is 2. The van der Waals surface area contributed by atoms with E-state index in [1.54, 1.807) is 0 Å². The number of esters is 1. The molecule has 0 heterocycles. The topological polar surface area (TPSA) is 26.3 Å². The Balaban J connectivity index is 1.81. The van der Waals surface area contributed by atoms with Gasteiger partial charge in [-0.2, -0.15) is 0 Å². The van der Waals surface area contributed by atoms with Crippen LogP contribution in [-0.4, -0.2) is 15.5 Å². The van der Waals surface area contributed by atoms with Crippen LogP contribution in [0.3, 0.4) is 0 Å². The highest BCUT2D eigenvalue weighted by molar-refractivity contribution is 14.1. The zero-order valence-corrected chi connectivity index (χ0v) is 14.2. The van der Waals surface area contributed by atoms with Crippen molar-refractivity contribution in [2.45, 2.75) is 68.3 Å². The average molecular weight is 376 g/mol. The van der Waals surface area contributed by atoms with Crippen molar-refractivity contribution < 1.29 is 9.53 Å². The predicted octanol–water partition coefficient (Wildman–Crippen LogP) is 4.35. The lowest BCUT2D eigenvalue weighted by molar-refractivity contribution is -0.210. The van der Waals surface area contributed by atoms with Crippen LogP contribution in [0.4, 0.5) is 0 Å². The lowest BCUT2D eigenvalue weighted by atomic mass is 9.49. The molecule has 4 rings (SSSR count). The van der Waals surface area contributed by atoms with Crippen molar-refractivity contribution in [2.75, 3.05) is 0 Å². The minimum atomic E-state index is -0.108. The molecule has 108 valence electrons. The Kier molecular flexibility index (Phi) is 3.87. The molecule has 4 bridgehead atoms. The molecule has 2 nitrogen and oxygen atoms in total. The first-order chi connectivity index (χ1) is 9.09. The molecule has 0 aliphatic heterocycles. The van der Waals surface area contributed by atoms with Gasteiger partial charge < -0.3 is 4.74 Å². The molecule has 4 fully saturated rings. The van der Waals surface area contributed by atoms with Crippen LogP contribution < -0.4 is 0 Å². The van der Waals surface area contributed by atoms with Gasteiger partial charge in [-0.15, -0.1) is 0 Å². The highest BCUT2D eigenvalue weighted by Crippen LogP contribution is 2.60. The third-order valence-electron chi connectivity index (χ3n) is 5.98. The standard InChI is InChI=1S/C16H25IO2/c1-3-14(17)15(18)19-16(4-2)12-6-10-5-11(8-12)9-13(16)7-10/h10-14H,3-9H2,1-2H3. The average Bonchev–Trinajstić information content (AvgIpc) is 2.41. The normalized spacial score (nSPS) is 45.2. The summed E-state index contributed by atoms with van der Waals surface area (Å²) in [5.41, 5.74) is -0.108. The summed E-state index contributed by atoms with van der Waals surface area (Å²) in [5, 5.41) is 0. The Morgan fingerprint density at radius 1 is 1.16 bits per heavy atom. The first-order valence-corrected chi connectivity index (χ1v) is 9.20. The van der Waals surface area contributed by atoms with E-state index in [2.05, 4.69) is 36.4 Å². The summed E-state index contributed by atoms with van der Waals surface area (Å²) in [6, 6.07) is 0. The van der Waals surface area contributed by atoms with Crippen LogP contribution in [0.25, 0.3) is 0 Å². The second-order valence-electron chi connectivity index (χ2n) is 6.91. The number of carbonyl (C=O) groups is 1. The van der Waals surface area contributed by atoms with Crippen LogP contribution >= 0.6 is 22.6 Å². The van der Waals surface area contributed by atoms with E-state index in [0.717, 1.165) is 24.7 Å². The largest absolute Gasteiger partial charge is 0.458 e. The Bertz CT molecular complexity index is 338. The van der Waals surface area contributed by atoms with Crippen molar-refractivity contribution >= 4 is 28.6 Å². The Morgan fingerprint density at radius 3 is 2.11 bits per heavy atom. The Labute approximate surface area is 130 Å². The first-order valence-electron chi connectivity index (χ1n) is 7.96. The van der Waals surface area contributed by atoms with E-state index < -0.39 is 0 Å².